The maximum absolute atomic E-state index is 8.75. The number of halogens is 1. The van der Waals surface area contributed by atoms with E-state index in [0.717, 1.165) is 5.56 Å². The maximum Gasteiger partial charge on any atom is 0.0991 e. The molecule has 0 saturated carbocycles. The number of nitrogens with zero attached hydrogens (tertiary/aromatic N) is 1. The summed E-state index contributed by atoms with van der Waals surface area (Å²) in [4.78, 5) is 3.33. The molecule has 16 heavy (non-hydrogen) atoms. The molecule has 1 aromatic carbocycles. The summed E-state index contributed by atoms with van der Waals surface area (Å²) < 4.78 is 1.25. The molecule has 0 spiro atoms. The Hall–Kier alpha value is -1.28. The molecule has 0 radical (unpaired) electrons. The third kappa shape index (κ3) is 1.85. The van der Waals surface area contributed by atoms with Crippen molar-refractivity contribution >= 4 is 22.6 Å². The third-order valence-corrected chi connectivity index (χ3v) is 3.95. The second-order valence-electron chi connectivity index (χ2n) is 3.75. The zero-order chi connectivity index (χ0) is 11.7. The van der Waals surface area contributed by atoms with E-state index in [0.29, 0.717) is 5.56 Å². The number of nitrogens with one attached hydrogen (secondary N) is 1. The molecule has 0 saturated heterocycles. The summed E-state index contributed by atoms with van der Waals surface area (Å²) in [6.45, 7) is 4.14. The second-order valence-corrected chi connectivity index (χ2v) is 4.83. The molecule has 3 heteroatoms. The van der Waals surface area contributed by atoms with E-state index in [4.69, 9.17) is 5.26 Å². The summed E-state index contributed by atoms with van der Waals surface area (Å²) in [6.07, 6.45) is 0. The van der Waals surface area contributed by atoms with Gasteiger partial charge in [-0.2, -0.15) is 5.26 Å². The molecule has 2 nitrogen and oxygen atoms in total. The molecule has 1 heterocycles. The first kappa shape index (κ1) is 11.2. The van der Waals surface area contributed by atoms with Crippen LogP contribution in [0.5, 0.6) is 0 Å². The molecule has 2 rings (SSSR count). The summed E-state index contributed by atoms with van der Waals surface area (Å²) >= 11 is 2.35. The lowest BCUT2D eigenvalue weighted by Gasteiger charge is -2.01. The van der Waals surface area contributed by atoms with Crippen molar-refractivity contribution in [2.45, 2.75) is 13.8 Å². The lowest BCUT2D eigenvalue weighted by molar-refractivity contribution is 1.18. The van der Waals surface area contributed by atoms with Gasteiger partial charge in [-0.05, 0) is 54.1 Å². The van der Waals surface area contributed by atoms with E-state index in [1.54, 1.807) is 0 Å². The van der Waals surface area contributed by atoms with Crippen molar-refractivity contribution in [2.75, 3.05) is 0 Å². The summed E-state index contributed by atoms with van der Waals surface area (Å²) in [5.41, 5.74) is 5.46. The predicted octanol–water partition coefficient (Wildman–Crippen LogP) is 3.77. The molecule has 0 aliphatic carbocycles. The van der Waals surface area contributed by atoms with Crippen LogP contribution < -0.4 is 0 Å². The zero-order valence-corrected chi connectivity index (χ0v) is 11.3. The van der Waals surface area contributed by atoms with Crippen LogP contribution in [0.15, 0.2) is 24.3 Å². The number of hydrogen-bond acceptors (Lipinski definition) is 1. The number of H-pyrrole nitrogens is 1. The highest BCUT2D eigenvalue weighted by atomic mass is 127. The van der Waals surface area contributed by atoms with E-state index in [2.05, 4.69) is 47.5 Å². The van der Waals surface area contributed by atoms with Crippen molar-refractivity contribution in [1.82, 2.24) is 4.98 Å². The number of nitriles is 1. The number of aromatic amines is 1. The Balaban J connectivity index is 2.55. The lowest BCUT2D eigenvalue weighted by atomic mass is 10.0. The first-order valence-corrected chi connectivity index (χ1v) is 6.06. The lowest BCUT2D eigenvalue weighted by Crippen LogP contribution is -1.82. The Labute approximate surface area is 108 Å². The Bertz CT molecular complexity index is 559. The normalized spacial score (nSPS) is 10.1. The van der Waals surface area contributed by atoms with Crippen molar-refractivity contribution in [2.24, 2.45) is 0 Å². The highest BCUT2D eigenvalue weighted by Gasteiger charge is 2.11. The Morgan fingerprint density at radius 1 is 1.12 bits per heavy atom. The van der Waals surface area contributed by atoms with Gasteiger partial charge in [-0.1, -0.05) is 12.1 Å². The van der Waals surface area contributed by atoms with Gasteiger partial charge in [0, 0.05) is 20.5 Å². The Morgan fingerprint density at radius 2 is 1.75 bits per heavy atom. The van der Waals surface area contributed by atoms with Crippen LogP contribution in [0.3, 0.4) is 0 Å². The third-order valence-electron chi connectivity index (χ3n) is 2.60. The maximum atomic E-state index is 8.75. The van der Waals surface area contributed by atoms with Gasteiger partial charge in [0.2, 0.25) is 0 Å². The first-order valence-electron chi connectivity index (χ1n) is 4.98. The van der Waals surface area contributed by atoms with Crippen LogP contribution >= 0.6 is 22.6 Å². The molecule has 0 fully saturated rings. The average molecular weight is 322 g/mol. The zero-order valence-electron chi connectivity index (χ0n) is 9.13. The van der Waals surface area contributed by atoms with Crippen molar-refractivity contribution in [3.8, 4) is 17.2 Å². The average Bonchev–Trinajstić information content (AvgIpc) is 2.54. The highest BCUT2D eigenvalue weighted by Crippen LogP contribution is 2.30. The smallest absolute Gasteiger partial charge is 0.0991 e. The van der Waals surface area contributed by atoms with Crippen molar-refractivity contribution < 1.29 is 0 Å². The minimum Gasteiger partial charge on any atom is -0.361 e. The van der Waals surface area contributed by atoms with Gasteiger partial charge < -0.3 is 4.98 Å². The van der Waals surface area contributed by atoms with Gasteiger partial charge in [0.05, 0.1) is 11.6 Å². The molecule has 0 aliphatic heterocycles. The Kier molecular flexibility index (Phi) is 3.01. The van der Waals surface area contributed by atoms with Gasteiger partial charge in [0.15, 0.2) is 0 Å². The van der Waals surface area contributed by atoms with Crippen LogP contribution in [0.4, 0.5) is 0 Å². The SMILES string of the molecule is Cc1[nH]c(C)c(-c2ccc(C#N)cc2)c1I. The van der Waals surface area contributed by atoms with Gasteiger partial charge >= 0.3 is 0 Å². The quantitative estimate of drug-likeness (QED) is 0.798. The van der Waals surface area contributed by atoms with E-state index in [9.17, 15) is 0 Å². The summed E-state index contributed by atoms with van der Waals surface area (Å²) in [5.74, 6) is 0. The number of aromatic nitrogens is 1. The minimum absolute atomic E-state index is 0.698. The standard InChI is InChI=1S/C13H11IN2/c1-8-12(13(14)9(2)16-8)11-5-3-10(7-15)4-6-11/h3-6,16H,1-2H3. The van der Waals surface area contributed by atoms with Gasteiger partial charge in [0.25, 0.3) is 0 Å². The van der Waals surface area contributed by atoms with Gasteiger partial charge in [-0.3, -0.25) is 0 Å². The minimum atomic E-state index is 0.698. The molecule has 2 aromatic rings. The van der Waals surface area contributed by atoms with Gasteiger partial charge in [0.1, 0.15) is 0 Å². The van der Waals surface area contributed by atoms with E-state index in [1.807, 2.05) is 24.3 Å². The topological polar surface area (TPSA) is 39.6 Å². The van der Waals surface area contributed by atoms with Crippen LogP contribution in [0.1, 0.15) is 17.0 Å². The van der Waals surface area contributed by atoms with Crippen LogP contribution in [-0.2, 0) is 0 Å². The number of rotatable bonds is 1. The van der Waals surface area contributed by atoms with Crippen molar-refractivity contribution in [1.29, 1.82) is 5.26 Å². The van der Waals surface area contributed by atoms with Crippen LogP contribution in [0, 0.1) is 28.7 Å². The van der Waals surface area contributed by atoms with Crippen LogP contribution in [0.25, 0.3) is 11.1 Å². The fourth-order valence-electron chi connectivity index (χ4n) is 1.81. The van der Waals surface area contributed by atoms with E-state index in [1.165, 1.54) is 20.5 Å². The molecule has 0 aliphatic rings. The summed E-state index contributed by atoms with van der Waals surface area (Å²) in [6, 6.07) is 9.83. The molecule has 80 valence electrons. The predicted molar refractivity (Wildman–Crippen MR) is 73.1 cm³/mol. The van der Waals surface area contributed by atoms with E-state index >= 15 is 0 Å². The largest absolute Gasteiger partial charge is 0.361 e. The molecule has 1 aromatic heterocycles. The Morgan fingerprint density at radius 3 is 2.19 bits per heavy atom. The fraction of sp³-hybridized carbons (Fsp3) is 0.154. The van der Waals surface area contributed by atoms with Crippen molar-refractivity contribution in [3.63, 3.8) is 0 Å². The highest BCUT2D eigenvalue weighted by molar-refractivity contribution is 14.1. The molecule has 0 amide bonds. The first-order chi connectivity index (χ1) is 7.63. The van der Waals surface area contributed by atoms with Crippen LogP contribution in [-0.4, -0.2) is 4.98 Å². The number of hydrogen-bond donors (Lipinski definition) is 1. The number of aryl methyl sites for hydroxylation is 2. The number of benzene rings is 1. The molecule has 0 atom stereocenters. The molecule has 0 bridgehead atoms. The monoisotopic (exact) mass is 322 g/mol. The molecular formula is C13H11IN2. The van der Waals surface area contributed by atoms with Gasteiger partial charge in [-0.25, -0.2) is 0 Å². The fourth-order valence-corrected chi connectivity index (χ4v) is 2.66. The van der Waals surface area contributed by atoms with Gasteiger partial charge in [-0.15, -0.1) is 0 Å². The summed E-state index contributed by atoms with van der Waals surface area (Å²) in [7, 11) is 0. The molecular weight excluding hydrogens is 311 g/mol. The molecule has 1 N–H and O–H groups in total. The van der Waals surface area contributed by atoms with E-state index in [-0.39, 0.29) is 0 Å². The van der Waals surface area contributed by atoms with Crippen molar-refractivity contribution in [3.05, 3.63) is 44.8 Å². The van der Waals surface area contributed by atoms with Crippen LogP contribution in [0.2, 0.25) is 0 Å². The second kappa shape index (κ2) is 4.30. The van der Waals surface area contributed by atoms with E-state index < -0.39 is 0 Å². The summed E-state index contributed by atoms with van der Waals surface area (Å²) in [5, 5.41) is 8.75. The molecule has 0 unspecified atom stereocenters.